The highest BCUT2D eigenvalue weighted by atomic mass is 32.1. The van der Waals surface area contributed by atoms with E-state index in [2.05, 4.69) is 38.2 Å². The molecule has 0 radical (unpaired) electrons. The van der Waals surface area contributed by atoms with Gasteiger partial charge in [-0.15, -0.1) is 17.9 Å². The van der Waals surface area contributed by atoms with E-state index in [9.17, 15) is 0 Å². The van der Waals surface area contributed by atoms with Crippen molar-refractivity contribution >= 4 is 27.4 Å². The highest BCUT2D eigenvalue weighted by molar-refractivity contribution is 7.21. The molecular formula is C18H15N5S. The van der Waals surface area contributed by atoms with Crippen LogP contribution in [0.25, 0.3) is 32.0 Å². The fourth-order valence-corrected chi connectivity index (χ4v) is 3.78. The number of nitrogens with two attached hydrogens (primary N) is 1. The molecule has 0 amide bonds. The summed E-state index contributed by atoms with van der Waals surface area (Å²) in [6.07, 6.45) is 5.21. The first kappa shape index (κ1) is 14.6. The molecule has 3 aromatic heterocycles. The van der Waals surface area contributed by atoms with Gasteiger partial charge in [-0.25, -0.2) is 15.0 Å². The minimum absolute atomic E-state index is 0.499. The minimum atomic E-state index is 0.499. The molecular weight excluding hydrogens is 318 g/mol. The SMILES string of the molecule is C=CCn1cnc(-c2ccccc2)c1-c1cc2c(N)ncnc2s1. The summed E-state index contributed by atoms with van der Waals surface area (Å²) in [5.41, 5.74) is 9.05. The number of nitrogens with zero attached hydrogens (tertiary/aromatic N) is 4. The summed E-state index contributed by atoms with van der Waals surface area (Å²) < 4.78 is 2.09. The topological polar surface area (TPSA) is 69.6 Å². The molecule has 5 nitrogen and oxygen atoms in total. The van der Waals surface area contributed by atoms with Crippen molar-refractivity contribution in [2.24, 2.45) is 0 Å². The van der Waals surface area contributed by atoms with Crippen molar-refractivity contribution in [3.63, 3.8) is 0 Å². The van der Waals surface area contributed by atoms with Crippen molar-refractivity contribution in [2.75, 3.05) is 5.73 Å². The van der Waals surface area contributed by atoms with Gasteiger partial charge in [0.15, 0.2) is 0 Å². The van der Waals surface area contributed by atoms with Gasteiger partial charge < -0.3 is 10.3 Å². The van der Waals surface area contributed by atoms with Crippen LogP contribution in [0.5, 0.6) is 0 Å². The van der Waals surface area contributed by atoms with Crippen molar-refractivity contribution in [2.45, 2.75) is 6.54 Å². The van der Waals surface area contributed by atoms with Crippen LogP contribution in [0.2, 0.25) is 0 Å². The first-order valence-electron chi connectivity index (χ1n) is 7.49. The third kappa shape index (κ3) is 2.37. The Morgan fingerprint density at radius 2 is 2.00 bits per heavy atom. The number of hydrogen-bond acceptors (Lipinski definition) is 5. The summed E-state index contributed by atoms with van der Waals surface area (Å²) in [7, 11) is 0. The minimum Gasteiger partial charge on any atom is -0.383 e. The van der Waals surface area contributed by atoms with Crippen molar-refractivity contribution in [1.82, 2.24) is 19.5 Å². The summed E-state index contributed by atoms with van der Waals surface area (Å²) in [4.78, 5) is 15.0. The number of fused-ring (bicyclic) bond motifs is 1. The maximum atomic E-state index is 5.99. The lowest BCUT2D eigenvalue weighted by Crippen LogP contribution is -1.95. The van der Waals surface area contributed by atoms with Crippen LogP contribution >= 0.6 is 11.3 Å². The normalized spacial score (nSPS) is 11.0. The summed E-state index contributed by atoms with van der Waals surface area (Å²) in [5, 5.41) is 0.878. The van der Waals surface area contributed by atoms with Gasteiger partial charge in [-0.1, -0.05) is 36.4 Å². The molecule has 0 bridgehead atoms. The van der Waals surface area contributed by atoms with Crippen LogP contribution < -0.4 is 5.73 Å². The van der Waals surface area contributed by atoms with Crippen LogP contribution in [-0.2, 0) is 6.54 Å². The maximum absolute atomic E-state index is 5.99. The highest BCUT2D eigenvalue weighted by Crippen LogP contribution is 2.38. The zero-order chi connectivity index (χ0) is 16.5. The Hall–Kier alpha value is -2.99. The Morgan fingerprint density at radius 3 is 2.75 bits per heavy atom. The number of benzene rings is 1. The largest absolute Gasteiger partial charge is 0.383 e. The average Bonchev–Trinajstić information content (AvgIpc) is 3.20. The maximum Gasteiger partial charge on any atom is 0.135 e. The van der Waals surface area contributed by atoms with E-state index in [4.69, 9.17) is 5.73 Å². The van der Waals surface area contributed by atoms with Crippen LogP contribution in [0.3, 0.4) is 0 Å². The lowest BCUT2D eigenvalue weighted by molar-refractivity contribution is 0.831. The van der Waals surface area contributed by atoms with Crippen molar-refractivity contribution in [3.05, 3.63) is 61.7 Å². The average molecular weight is 333 g/mol. The summed E-state index contributed by atoms with van der Waals surface area (Å²) in [5.74, 6) is 0.499. The van der Waals surface area contributed by atoms with E-state index in [1.807, 2.05) is 36.7 Å². The fraction of sp³-hybridized carbons (Fsp3) is 0.0556. The summed E-state index contributed by atoms with van der Waals surface area (Å²) >= 11 is 1.59. The second kappa shape index (κ2) is 5.90. The van der Waals surface area contributed by atoms with Gasteiger partial charge in [-0.05, 0) is 6.07 Å². The molecule has 24 heavy (non-hydrogen) atoms. The Labute approximate surface area is 143 Å². The van der Waals surface area contributed by atoms with Gasteiger partial charge in [0, 0.05) is 12.1 Å². The molecule has 6 heteroatoms. The van der Waals surface area contributed by atoms with Crippen LogP contribution in [0.15, 0.2) is 61.7 Å². The van der Waals surface area contributed by atoms with Gasteiger partial charge in [0.25, 0.3) is 0 Å². The van der Waals surface area contributed by atoms with Crippen LogP contribution in [0.1, 0.15) is 0 Å². The molecule has 0 aliphatic rings. The van der Waals surface area contributed by atoms with E-state index >= 15 is 0 Å². The monoisotopic (exact) mass is 333 g/mol. The summed E-state index contributed by atoms with van der Waals surface area (Å²) in [6.45, 7) is 4.53. The van der Waals surface area contributed by atoms with Crippen molar-refractivity contribution in [1.29, 1.82) is 0 Å². The molecule has 2 N–H and O–H groups in total. The van der Waals surface area contributed by atoms with Crippen LogP contribution in [-0.4, -0.2) is 19.5 Å². The van der Waals surface area contributed by atoms with Gasteiger partial charge in [0.05, 0.1) is 28.0 Å². The zero-order valence-corrected chi connectivity index (χ0v) is 13.7. The molecule has 1 aromatic carbocycles. The van der Waals surface area contributed by atoms with Gasteiger partial charge in [0.1, 0.15) is 17.0 Å². The zero-order valence-electron chi connectivity index (χ0n) is 12.9. The smallest absolute Gasteiger partial charge is 0.135 e. The molecule has 0 aliphatic carbocycles. The molecule has 3 heterocycles. The molecule has 0 saturated heterocycles. The Kier molecular flexibility index (Phi) is 3.59. The molecule has 4 aromatic rings. The third-order valence-corrected chi connectivity index (χ3v) is 4.85. The van der Waals surface area contributed by atoms with Crippen LogP contribution in [0, 0.1) is 0 Å². The lowest BCUT2D eigenvalue weighted by atomic mass is 10.1. The number of hydrogen-bond donors (Lipinski definition) is 1. The second-order valence-electron chi connectivity index (χ2n) is 5.34. The molecule has 118 valence electrons. The predicted octanol–water partition coefficient (Wildman–Crippen LogP) is 3.99. The number of nitrogen functional groups attached to an aromatic ring is 1. The number of rotatable bonds is 4. The first-order valence-corrected chi connectivity index (χ1v) is 8.31. The van der Waals surface area contributed by atoms with E-state index in [0.717, 1.165) is 32.0 Å². The highest BCUT2D eigenvalue weighted by Gasteiger charge is 2.18. The molecule has 4 rings (SSSR count). The number of aromatic nitrogens is 4. The molecule has 0 unspecified atom stereocenters. The van der Waals surface area contributed by atoms with E-state index in [1.165, 1.54) is 6.33 Å². The van der Waals surface area contributed by atoms with E-state index in [-0.39, 0.29) is 0 Å². The molecule has 0 fully saturated rings. The van der Waals surface area contributed by atoms with E-state index in [1.54, 1.807) is 11.3 Å². The third-order valence-electron chi connectivity index (χ3n) is 3.80. The van der Waals surface area contributed by atoms with Gasteiger partial charge in [-0.3, -0.25) is 0 Å². The van der Waals surface area contributed by atoms with Gasteiger partial charge in [-0.2, -0.15) is 0 Å². The number of imidazole rings is 1. The van der Waals surface area contributed by atoms with E-state index in [0.29, 0.717) is 12.4 Å². The second-order valence-corrected chi connectivity index (χ2v) is 6.37. The molecule has 0 aliphatic heterocycles. The Balaban J connectivity index is 1.96. The Bertz CT molecular complexity index is 1020. The quantitative estimate of drug-likeness (QED) is 0.573. The van der Waals surface area contributed by atoms with Crippen LogP contribution in [0.4, 0.5) is 5.82 Å². The standard InChI is InChI=1S/C18H15N5S/c1-2-8-23-11-22-15(12-6-4-3-5-7-12)16(23)14-9-13-17(19)20-10-21-18(13)24-14/h2-7,9-11H,1,8H2,(H2,19,20,21). The summed E-state index contributed by atoms with van der Waals surface area (Å²) in [6, 6.07) is 12.2. The molecule has 0 spiro atoms. The van der Waals surface area contributed by atoms with Gasteiger partial charge in [0.2, 0.25) is 0 Å². The number of anilines is 1. The molecule has 0 atom stereocenters. The van der Waals surface area contributed by atoms with Gasteiger partial charge >= 0.3 is 0 Å². The van der Waals surface area contributed by atoms with Crippen molar-refractivity contribution in [3.8, 4) is 21.8 Å². The Morgan fingerprint density at radius 1 is 1.17 bits per heavy atom. The number of allylic oxidation sites excluding steroid dienone is 1. The fourth-order valence-electron chi connectivity index (χ4n) is 2.72. The first-order chi connectivity index (χ1) is 11.8. The van der Waals surface area contributed by atoms with E-state index < -0.39 is 0 Å². The lowest BCUT2D eigenvalue weighted by Gasteiger charge is -2.06. The van der Waals surface area contributed by atoms with Crippen molar-refractivity contribution < 1.29 is 0 Å². The number of thiophene rings is 1. The molecule has 0 saturated carbocycles. The predicted molar refractivity (Wildman–Crippen MR) is 98.7 cm³/mol.